The van der Waals surface area contributed by atoms with Crippen molar-refractivity contribution < 1.29 is 19.0 Å². The van der Waals surface area contributed by atoms with Gasteiger partial charge in [-0.15, -0.1) is 0 Å². The van der Waals surface area contributed by atoms with Crippen LogP contribution in [0.15, 0.2) is 18.2 Å². The molecule has 0 spiro atoms. The molecule has 0 aliphatic carbocycles. The summed E-state index contributed by atoms with van der Waals surface area (Å²) in [5, 5.41) is 0. The number of ether oxygens (including phenoxy) is 3. The van der Waals surface area contributed by atoms with Gasteiger partial charge in [0, 0.05) is 0 Å². The zero-order valence-electron chi connectivity index (χ0n) is 12.1. The van der Waals surface area contributed by atoms with Crippen molar-refractivity contribution in [2.75, 3.05) is 20.3 Å². The van der Waals surface area contributed by atoms with Gasteiger partial charge in [-0.05, 0) is 30.5 Å². The van der Waals surface area contributed by atoms with Crippen LogP contribution < -0.4 is 9.47 Å². The third kappa shape index (κ3) is 4.81. The van der Waals surface area contributed by atoms with Crippen molar-refractivity contribution in [2.45, 2.75) is 27.2 Å². The molecule has 1 aromatic rings. The lowest BCUT2D eigenvalue weighted by atomic mass is 10.2. The topological polar surface area (TPSA) is 44.8 Å². The van der Waals surface area contributed by atoms with Crippen LogP contribution in [0.25, 0.3) is 0 Å². The highest BCUT2D eigenvalue weighted by Gasteiger charge is 2.12. The van der Waals surface area contributed by atoms with Gasteiger partial charge in [0.1, 0.15) is 0 Å². The van der Waals surface area contributed by atoms with Gasteiger partial charge in [0.25, 0.3) is 0 Å². The van der Waals surface area contributed by atoms with Crippen molar-refractivity contribution in [3.05, 3.63) is 23.8 Å². The van der Waals surface area contributed by atoms with Gasteiger partial charge in [0.2, 0.25) is 0 Å². The minimum absolute atomic E-state index is 0.318. The number of benzene rings is 1. The fourth-order valence-electron chi connectivity index (χ4n) is 1.45. The molecule has 0 radical (unpaired) electrons. The molecule has 0 heterocycles. The van der Waals surface area contributed by atoms with E-state index >= 15 is 0 Å². The molecule has 0 saturated heterocycles. The summed E-state index contributed by atoms with van der Waals surface area (Å²) in [5.74, 6) is 1.17. The number of methoxy groups -OCH3 is 1. The maximum absolute atomic E-state index is 11.9. The van der Waals surface area contributed by atoms with E-state index in [0.717, 1.165) is 6.42 Å². The van der Waals surface area contributed by atoms with Crippen LogP contribution in [-0.2, 0) is 4.74 Å². The van der Waals surface area contributed by atoms with Gasteiger partial charge in [-0.3, -0.25) is 0 Å². The first kappa shape index (κ1) is 15.3. The minimum atomic E-state index is -0.335. The molecular formula is C15H22O4. The Balaban J connectivity index is 2.81. The zero-order valence-corrected chi connectivity index (χ0v) is 12.1. The van der Waals surface area contributed by atoms with Crippen LogP contribution in [-0.4, -0.2) is 26.3 Å². The second-order valence-electron chi connectivity index (χ2n) is 4.71. The van der Waals surface area contributed by atoms with E-state index in [0.29, 0.717) is 36.2 Å². The molecule has 4 nitrogen and oxygen atoms in total. The standard InChI is InChI=1S/C15H22O4/c1-5-8-18-14-9-12(6-7-13(14)17-4)15(16)19-10-11(2)3/h6-7,9,11H,5,8,10H2,1-4H3. The highest BCUT2D eigenvalue weighted by molar-refractivity contribution is 5.90. The molecule has 106 valence electrons. The molecule has 0 atom stereocenters. The second-order valence-corrected chi connectivity index (χ2v) is 4.71. The van der Waals surface area contributed by atoms with Gasteiger partial charge in [0.15, 0.2) is 11.5 Å². The summed E-state index contributed by atoms with van der Waals surface area (Å²) >= 11 is 0. The molecule has 0 aliphatic rings. The summed E-state index contributed by atoms with van der Waals surface area (Å²) in [6.07, 6.45) is 0.894. The van der Waals surface area contributed by atoms with Gasteiger partial charge in [-0.25, -0.2) is 4.79 Å². The molecule has 0 saturated carbocycles. The van der Waals surface area contributed by atoms with Gasteiger partial charge < -0.3 is 14.2 Å². The molecule has 1 rings (SSSR count). The lowest BCUT2D eigenvalue weighted by molar-refractivity contribution is 0.0458. The maximum atomic E-state index is 11.9. The first-order chi connectivity index (χ1) is 9.08. The number of rotatable bonds is 7. The third-order valence-electron chi connectivity index (χ3n) is 2.41. The van der Waals surface area contributed by atoms with Gasteiger partial charge >= 0.3 is 5.97 Å². The highest BCUT2D eigenvalue weighted by atomic mass is 16.5. The van der Waals surface area contributed by atoms with E-state index in [9.17, 15) is 4.79 Å². The van der Waals surface area contributed by atoms with Crippen LogP contribution in [0.1, 0.15) is 37.6 Å². The Bertz CT molecular complexity index is 413. The SMILES string of the molecule is CCCOc1cc(C(=O)OCC(C)C)ccc1OC. The summed E-state index contributed by atoms with van der Waals surface area (Å²) in [6, 6.07) is 5.06. The van der Waals surface area contributed by atoms with E-state index in [-0.39, 0.29) is 5.97 Å². The molecule has 0 unspecified atom stereocenters. The average Bonchev–Trinajstić information content (AvgIpc) is 2.42. The Kier molecular flexibility index (Phi) is 6.19. The average molecular weight is 266 g/mol. The molecule has 0 aromatic heterocycles. The molecule has 0 aliphatic heterocycles. The van der Waals surface area contributed by atoms with Crippen molar-refractivity contribution in [3.63, 3.8) is 0 Å². The lowest BCUT2D eigenvalue weighted by Crippen LogP contribution is -2.10. The minimum Gasteiger partial charge on any atom is -0.493 e. The quantitative estimate of drug-likeness (QED) is 0.710. The van der Waals surface area contributed by atoms with Crippen LogP contribution in [0, 0.1) is 5.92 Å². The Morgan fingerprint density at radius 3 is 2.58 bits per heavy atom. The highest BCUT2D eigenvalue weighted by Crippen LogP contribution is 2.28. The number of esters is 1. The summed E-state index contributed by atoms with van der Waals surface area (Å²) < 4.78 is 15.9. The molecule has 19 heavy (non-hydrogen) atoms. The van der Waals surface area contributed by atoms with Crippen molar-refractivity contribution in [1.82, 2.24) is 0 Å². The van der Waals surface area contributed by atoms with Crippen LogP contribution in [0.5, 0.6) is 11.5 Å². The monoisotopic (exact) mass is 266 g/mol. The molecule has 0 N–H and O–H groups in total. The fraction of sp³-hybridized carbons (Fsp3) is 0.533. The van der Waals surface area contributed by atoms with Gasteiger partial charge in [0.05, 0.1) is 25.9 Å². The van der Waals surface area contributed by atoms with E-state index in [2.05, 4.69) is 0 Å². The molecule has 1 aromatic carbocycles. The molecule has 0 fully saturated rings. The van der Waals surface area contributed by atoms with Crippen molar-refractivity contribution in [3.8, 4) is 11.5 Å². The molecular weight excluding hydrogens is 244 g/mol. The van der Waals surface area contributed by atoms with Crippen LogP contribution in [0.2, 0.25) is 0 Å². The predicted molar refractivity (Wildman–Crippen MR) is 73.9 cm³/mol. The normalized spacial score (nSPS) is 10.4. The van der Waals surface area contributed by atoms with E-state index < -0.39 is 0 Å². The Labute approximate surface area is 114 Å². The third-order valence-corrected chi connectivity index (χ3v) is 2.41. The number of hydrogen-bond donors (Lipinski definition) is 0. The molecule has 0 bridgehead atoms. The predicted octanol–water partition coefficient (Wildman–Crippen LogP) is 3.30. The van der Waals surface area contributed by atoms with Crippen molar-refractivity contribution in [1.29, 1.82) is 0 Å². The molecule has 4 heteroatoms. The van der Waals surface area contributed by atoms with E-state index in [1.807, 2.05) is 20.8 Å². The summed E-state index contributed by atoms with van der Waals surface area (Å²) in [7, 11) is 1.57. The first-order valence-corrected chi connectivity index (χ1v) is 6.56. The number of carbonyl (C=O) groups excluding carboxylic acids is 1. The van der Waals surface area contributed by atoms with Crippen molar-refractivity contribution in [2.24, 2.45) is 5.92 Å². The second kappa shape index (κ2) is 7.67. The summed E-state index contributed by atoms with van der Waals surface area (Å²) in [6.45, 7) is 7.01. The van der Waals surface area contributed by atoms with Crippen LogP contribution in [0.4, 0.5) is 0 Å². The van der Waals surface area contributed by atoms with Gasteiger partial charge in [-0.2, -0.15) is 0 Å². The summed E-state index contributed by atoms with van der Waals surface area (Å²) in [5.41, 5.74) is 0.479. The Morgan fingerprint density at radius 1 is 1.26 bits per heavy atom. The number of carbonyl (C=O) groups is 1. The maximum Gasteiger partial charge on any atom is 0.338 e. The van der Waals surface area contributed by atoms with Crippen LogP contribution in [0.3, 0.4) is 0 Å². The smallest absolute Gasteiger partial charge is 0.338 e. The fourth-order valence-corrected chi connectivity index (χ4v) is 1.45. The van der Waals surface area contributed by atoms with Gasteiger partial charge in [-0.1, -0.05) is 20.8 Å². The van der Waals surface area contributed by atoms with Crippen molar-refractivity contribution >= 4 is 5.97 Å². The summed E-state index contributed by atoms with van der Waals surface area (Å²) in [4.78, 5) is 11.9. The first-order valence-electron chi connectivity index (χ1n) is 6.56. The van der Waals surface area contributed by atoms with E-state index in [1.54, 1.807) is 25.3 Å². The zero-order chi connectivity index (χ0) is 14.3. The Morgan fingerprint density at radius 2 is 2.00 bits per heavy atom. The number of hydrogen-bond acceptors (Lipinski definition) is 4. The lowest BCUT2D eigenvalue weighted by Gasteiger charge is -2.12. The molecule has 0 amide bonds. The Hall–Kier alpha value is -1.71. The van der Waals surface area contributed by atoms with E-state index in [1.165, 1.54) is 0 Å². The van der Waals surface area contributed by atoms with E-state index in [4.69, 9.17) is 14.2 Å². The van der Waals surface area contributed by atoms with Crippen LogP contribution >= 0.6 is 0 Å². The largest absolute Gasteiger partial charge is 0.493 e.